The number of hydrogen-bond acceptors (Lipinski definition) is 4. The van der Waals surface area contributed by atoms with Crippen molar-refractivity contribution in [3.63, 3.8) is 0 Å². The van der Waals surface area contributed by atoms with Gasteiger partial charge in [0.05, 0.1) is 0 Å². The third-order valence-corrected chi connectivity index (χ3v) is 4.76. The number of carbonyl (C=O) groups is 1. The Hall–Kier alpha value is -2.34. The van der Waals surface area contributed by atoms with Gasteiger partial charge in [-0.05, 0) is 48.9 Å². The van der Waals surface area contributed by atoms with Gasteiger partial charge < -0.3 is 15.1 Å². The molecule has 2 aromatic heterocycles. The molecule has 1 aliphatic carbocycles. The number of fused-ring (bicyclic) bond motifs is 1. The molecule has 0 saturated heterocycles. The van der Waals surface area contributed by atoms with Crippen molar-refractivity contribution in [3.8, 4) is 0 Å². The molecule has 0 atom stereocenters. The lowest BCUT2D eigenvalue weighted by Crippen LogP contribution is -2.30. The third-order valence-electron chi connectivity index (χ3n) is 3.83. The van der Waals surface area contributed by atoms with E-state index in [1.807, 2.05) is 29.6 Å². The van der Waals surface area contributed by atoms with Crippen molar-refractivity contribution in [2.45, 2.75) is 25.2 Å². The Morgan fingerprint density at radius 3 is 3.04 bits per heavy atom. The van der Waals surface area contributed by atoms with Gasteiger partial charge in [-0.3, -0.25) is 0 Å². The van der Waals surface area contributed by atoms with Crippen LogP contribution in [0.25, 0.3) is 11.1 Å². The second-order valence-electron chi connectivity index (χ2n) is 5.72. The summed E-state index contributed by atoms with van der Waals surface area (Å²) in [5.41, 5.74) is 2.29. The van der Waals surface area contributed by atoms with Gasteiger partial charge in [-0.1, -0.05) is 6.07 Å². The van der Waals surface area contributed by atoms with Crippen LogP contribution in [0.5, 0.6) is 0 Å². The quantitative estimate of drug-likeness (QED) is 0.740. The van der Waals surface area contributed by atoms with Gasteiger partial charge in [0.25, 0.3) is 0 Å². The van der Waals surface area contributed by atoms with Gasteiger partial charge in [0.15, 0.2) is 11.5 Å². The number of aromatic nitrogens is 1. The summed E-state index contributed by atoms with van der Waals surface area (Å²) in [6.07, 6.45) is 3.16. The molecule has 118 valence electrons. The maximum Gasteiger partial charge on any atom is 0.319 e. The fourth-order valence-corrected chi connectivity index (χ4v) is 3.17. The summed E-state index contributed by atoms with van der Waals surface area (Å²) in [5.74, 6) is 1.30. The molecule has 2 N–H and O–H groups in total. The summed E-state index contributed by atoms with van der Waals surface area (Å²) in [7, 11) is 0. The summed E-state index contributed by atoms with van der Waals surface area (Å²) in [4.78, 5) is 17.7. The normalized spacial score (nSPS) is 14.1. The Kier molecular flexibility index (Phi) is 3.75. The van der Waals surface area contributed by atoms with Gasteiger partial charge >= 0.3 is 6.03 Å². The molecule has 4 rings (SSSR count). The fraction of sp³-hybridized carbons (Fsp3) is 0.294. The number of hydrogen-bond donors (Lipinski definition) is 2. The molecule has 0 radical (unpaired) electrons. The first-order valence-electron chi connectivity index (χ1n) is 7.76. The summed E-state index contributed by atoms with van der Waals surface area (Å²) < 4.78 is 5.72. The number of anilines is 1. The summed E-state index contributed by atoms with van der Waals surface area (Å²) >= 11 is 1.70. The monoisotopic (exact) mass is 327 g/mol. The Morgan fingerprint density at radius 2 is 2.26 bits per heavy atom. The second-order valence-corrected chi connectivity index (χ2v) is 6.75. The van der Waals surface area contributed by atoms with Crippen LogP contribution in [-0.2, 0) is 6.42 Å². The van der Waals surface area contributed by atoms with Crippen molar-refractivity contribution in [3.05, 3.63) is 46.5 Å². The van der Waals surface area contributed by atoms with E-state index in [1.165, 1.54) is 4.88 Å². The number of carbonyl (C=O) groups excluding carboxylic acids is 1. The van der Waals surface area contributed by atoms with Crippen molar-refractivity contribution in [2.24, 2.45) is 0 Å². The average molecular weight is 327 g/mol. The van der Waals surface area contributed by atoms with E-state index in [9.17, 15) is 4.79 Å². The zero-order chi connectivity index (χ0) is 15.6. The highest BCUT2D eigenvalue weighted by Crippen LogP contribution is 2.40. The number of nitrogens with zero attached hydrogens (tertiary/aromatic N) is 1. The largest absolute Gasteiger partial charge is 0.440 e. The Morgan fingerprint density at radius 1 is 1.35 bits per heavy atom. The van der Waals surface area contributed by atoms with Crippen LogP contribution in [0.4, 0.5) is 10.5 Å². The highest BCUT2D eigenvalue weighted by Gasteiger charge is 2.28. The lowest BCUT2D eigenvalue weighted by atomic mass is 10.3. The lowest BCUT2D eigenvalue weighted by molar-refractivity contribution is 0.252. The van der Waals surface area contributed by atoms with E-state index in [-0.39, 0.29) is 6.03 Å². The van der Waals surface area contributed by atoms with Gasteiger partial charge in [-0.15, -0.1) is 11.3 Å². The topological polar surface area (TPSA) is 67.2 Å². The number of urea groups is 1. The predicted molar refractivity (Wildman–Crippen MR) is 91.0 cm³/mol. The zero-order valence-corrected chi connectivity index (χ0v) is 13.4. The van der Waals surface area contributed by atoms with Crippen LogP contribution in [0.2, 0.25) is 0 Å². The molecule has 23 heavy (non-hydrogen) atoms. The molecule has 2 amide bonds. The number of rotatable bonds is 5. The molecular weight excluding hydrogens is 310 g/mol. The van der Waals surface area contributed by atoms with E-state index < -0.39 is 0 Å². The van der Waals surface area contributed by atoms with E-state index in [2.05, 4.69) is 21.7 Å². The predicted octanol–water partition coefficient (Wildman–Crippen LogP) is 4.13. The minimum absolute atomic E-state index is 0.202. The Bertz CT molecular complexity index is 822. The molecule has 1 aliphatic rings. The van der Waals surface area contributed by atoms with Crippen LogP contribution >= 0.6 is 11.3 Å². The standard InChI is InChI=1S/C17H17N3O2S/c21-17(18-8-7-13-2-1-9-23-13)19-12-5-6-15-14(10-12)20-16(22-15)11-3-4-11/h1-2,5-6,9-11H,3-4,7-8H2,(H2,18,19,21). The van der Waals surface area contributed by atoms with Crippen LogP contribution < -0.4 is 10.6 Å². The first-order valence-corrected chi connectivity index (χ1v) is 8.63. The number of nitrogens with one attached hydrogen (secondary N) is 2. The fourth-order valence-electron chi connectivity index (χ4n) is 2.46. The van der Waals surface area contributed by atoms with Crippen molar-refractivity contribution >= 4 is 34.2 Å². The van der Waals surface area contributed by atoms with Crippen molar-refractivity contribution in [2.75, 3.05) is 11.9 Å². The maximum atomic E-state index is 11.9. The number of oxazole rings is 1. The molecule has 0 unspecified atom stereocenters. The van der Waals surface area contributed by atoms with Gasteiger partial charge in [-0.25, -0.2) is 9.78 Å². The minimum atomic E-state index is -0.202. The van der Waals surface area contributed by atoms with Crippen LogP contribution in [-0.4, -0.2) is 17.6 Å². The van der Waals surface area contributed by atoms with Crippen LogP contribution in [0.3, 0.4) is 0 Å². The number of benzene rings is 1. The molecular formula is C17H17N3O2S. The van der Waals surface area contributed by atoms with E-state index in [4.69, 9.17) is 4.42 Å². The molecule has 0 bridgehead atoms. The molecule has 1 fully saturated rings. The van der Waals surface area contributed by atoms with Gasteiger partial charge in [0.1, 0.15) is 5.52 Å². The smallest absolute Gasteiger partial charge is 0.319 e. The average Bonchev–Trinajstić information content (AvgIpc) is 3.09. The number of thiophene rings is 1. The molecule has 3 aromatic rings. The van der Waals surface area contributed by atoms with E-state index >= 15 is 0 Å². The molecule has 6 heteroatoms. The van der Waals surface area contributed by atoms with Gasteiger partial charge in [-0.2, -0.15) is 0 Å². The second kappa shape index (κ2) is 6.04. The Balaban J connectivity index is 1.35. The molecule has 1 saturated carbocycles. The molecule has 5 nitrogen and oxygen atoms in total. The van der Waals surface area contributed by atoms with Crippen molar-refractivity contribution in [1.82, 2.24) is 10.3 Å². The van der Waals surface area contributed by atoms with Crippen LogP contribution in [0.1, 0.15) is 29.5 Å². The van der Waals surface area contributed by atoms with Crippen LogP contribution in [0.15, 0.2) is 40.1 Å². The zero-order valence-electron chi connectivity index (χ0n) is 12.5. The van der Waals surface area contributed by atoms with Crippen molar-refractivity contribution < 1.29 is 9.21 Å². The summed E-state index contributed by atoms with van der Waals surface area (Å²) in [5, 5.41) is 7.74. The Labute approximate surface area is 137 Å². The van der Waals surface area contributed by atoms with E-state index in [0.717, 1.165) is 41.9 Å². The SMILES string of the molecule is O=C(NCCc1cccs1)Nc1ccc2oc(C3CC3)nc2c1. The van der Waals surface area contributed by atoms with Gasteiger partial charge in [0.2, 0.25) is 0 Å². The third kappa shape index (κ3) is 3.37. The maximum absolute atomic E-state index is 11.9. The highest BCUT2D eigenvalue weighted by atomic mass is 32.1. The summed E-state index contributed by atoms with van der Waals surface area (Å²) in [6, 6.07) is 9.43. The molecule has 0 spiro atoms. The molecule has 2 heterocycles. The van der Waals surface area contributed by atoms with Gasteiger partial charge in [0, 0.05) is 23.0 Å². The summed E-state index contributed by atoms with van der Waals surface area (Å²) in [6.45, 7) is 0.615. The molecule has 0 aliphatic heterocycles. The molecule has 1 aromatic carbocycles. The lowest BCUT2D eigenvalue weighted by Gasteiger charge is -2.06. The first-order chi connectivity index (χ1) is 11.3. The number of amides is 2. The first kappa shape index (κ1) is 14.3. The van der Waals surface area contributed by atoms with E-state index in [1.54, 1.807) is 11.3 Å². The van der Waals surface area contributed by atoms with E-state index in [0.29, 0.717) is 12.5 Å². The highest BCUT2D eigenvalue weighted by molar-refractivity contribution is 7.09. The van der Waals surface area contributed by atoms with Crippen LogP contribution in [0, 0.1) is 0 Å². The minimum Gasteiger partial charge on any atom is -0.440 e. The van der Waals surface area contributed by atoms with Crippen molar-refractivity contribution in [1.29, 1.82) is 0 Å².